The van der Waals surface area contributed by atoms with Crippen molar-refractivity contribution in [1.82, 2.24) is 5.01 Å². The minimum Gasteiger partial charge on any atom is -0.368 e. The summed E-state index contributed by atoms with van der Waals surface area (Å²) in [6.45, 7) is 3.79. The van der Waals surface area contributed by atoms with Crippen molar-refractivity contribution in [2.24, 2.45) is 5.10 Å². The lowest BCUT2D eigenvalue weighted by Crippen LogP contribution is -2.44. The molecule has 3 nitrogen and oxygen atoms in total. The summed E-state index contributed by atoms with van der Waals surface area (Å²) in [5.41, 5.74) is 2.33. The van der Waals surface area contributed by atoms with Crippen LogP contribution in [0.25, 0.3) is 0 Å². The molecule has 1 saturated heterocycles. The van der Waals surface area contributed by atoms with Crippen molar-refractivity contribution in [2.75, 3.05) is 31.1 Å². The van der Waals surface area contributed by atoms with E-state index in [4.69, 9.17) is 11.6 Å². The van der Waals surface area contributed by atoms with Gasteiger partial charge in [-0.25, -0.2) is 0 Å². The normalized spacial score (nSPS) is 15.5. The van der Waals surface area contributed by atoms with Crippen molar-refractivity contribution >= 4 is 39.4 Å². The highest BCUT2D eigenvalue weighted by molar-refractivity contribution is 9.10. The summed E-state index contributed by atoms with van der Waals surface area (Å²) in [5, 5.41) is 7.47. The van der Waals surface area contributed by atoms with Crippen molar-refractivity contribution < 1.29 is 0 Å². The molecule has 0 N–H and O–H groups in total. The van der Waals surface area contributed by atoms with Gasteiger partial charge in [-0.3, -0.25) is 5.01 Å². The number of benzene rings is 2. The second-order valence-electron chi connectivity index (χ2n) is 5.22. The zero-order valence-electron chi connectivity index (χ0n) is 12.1. The zero-order valence-corrected chi connectivity index (χ0v) is 14.5. The molecule has 0 amide bonds. The Morgan fingerprint density at radius 2 is 1.73 bits per heavy atom. The number of hydrazone groups is 1. The minimum atomic E-state index is 0.779. The molecule has 1 heterocycles. The summed E-state index contributed by atoms with van der Waals surface area (Å²) in [7, 11) is 0. The number of anilines is 1. The van der Waals surface area contributed by atoms with Crippen LogP contribution in [0, 0.1) is 0 Å². The van der Waals surface area contributed by atoms with Crippen LogP contribution in [0.3, 0.4) is 0 Å². The summed E-state index contributed by atoms with van der Waals surface area (Å²) < 4.78 is 1.07. The van der Waals surface area contributed by atoms with Crippen molar-refractivity contribution in [3.05, 3.63) is 63.6 Å². The van der Waals surface area contributed by atoms with Gasteiger partial charge in [-0.15, -0.1) is 0 Å². The van der Waals surface area contributed by atoms with Gasteiger partial charge in [-0.1, -0.05) is 39.7 Å². The van der Waals surface area contributed by atoms with E-state index in [0.29, 0.717) is 0 Å². The van der Waals surface area contributed by atoms with Crippen LogP contribution in [0.1, 0.15) is 5.56 Å². The molecule has 0 aliphatic carbocycles. The molecule has 3 rings (SSSR count). The lowest BCUT2D eigenvalue weighted by molar-refractivity contribution is 0.272. The highest BCUT2D eigenvalue weighted by Crippen LogP contribution is 2.19. The van der Waals surface area contributed by atoms with Crippen LogP contribution in [0.5, 0.6) is 0 Å². The largest absolute Gasteiger partial charge is 0.368 e. The Hall–Kier alpha value is -1.52. The molecule has 2 aromatic rings. The molecule has 1 fully saturated rings. The van der Waals surface area contributed by atoms with E-state index in [1.54, 1.807) is 0 Å². The minimum absolute atomic E-state index is 0.779. The van der Waals surface area contributed by atoms with Crippen molar-refractivity contribution in [3.63, 3.8) is 0 Å². The number of rotatable bonds is 3. The number of hydrogen-bond acceptors (Lipinski definition) is 3. The van der Waals surface area contributed by atoms with E-state index in [9.17, 15) is 0 Å². The quantitative estimate of drug-likeness (QED) is 0.743. The average molecular weight is 379 g/mol. The lowest BCUT2D eigenvalue weighted by atomic mass is 10.2. The third-order valence-corrected chi connectivity index (χ3v) is 4.41. The Morgan fingerprint density at radius 1 is 1.00 bits per heavy atom. The predicted octanol–water partition coefficient (Wildman–Crippen LogP) is 4.26. The highest BCUT2D eigenvalue weighted by atomic mass is 79.9. The smallest absolute Gasteiger partial charge is 0.0543 e. The van der Waals surface area contributed by atoms with Gasteiger partial charge in [0.1, 0.15) is 0 Å². The zero-order chi connectivity index (χ0) is 15.4. The first-order valence-corrected chi connectivity index (χ1v) is 8.43. The Bertz CT molecular complexity index is 649. The Morgan fingerprint density at radius 3 is 2.41 bits per heavy atom. The van der Waals surface area contributed by atoms with Gasteiger partial charge in [-0.2, -0.15) is 5.10 Å². The molecule has 114 valence electrons. The first kappa shape index (κ1) is 15.4. The van der Waals surface area contributed by atoms with Crippen molar-refractivity contribution in [1.29, 1.82) is 0 Å². The van der Waals surface area contributed by atoms with Gasteiger partial charge in [-0.05, 0) is 42.0 Å². The van der Waals surface area contributed by atoms with Gasteiger partial charge in [0.15, 0.2) is 0 Å². The summed E-state index contributed by atoms with van der Waals surface area (Å²) in [6.07, 6.45) is 1.92. The van der Waals surface area contributed by atoms with E-state index in [-0.39, 0.29) is 0 Å². The van der Waals surface area contributed by atoms with Crippen molar-refractivity contribution in [3.8, 4) is 0 Å². The number of hydrogen-bond donors (Lipinski definition) is 0. The standard InChI is InChI=1S/C17H17BrClN3/c18-15-3-1-2-14(12-15)13-20-22-10-8-21(9-11-22)17-6-4-16(19)5-7-17/h1-7,12-13H,8-11H2/b20-13+. The summed E-state index contributed by atoms with van der Waals surface area (Å²) in [6, 6.07) is 16.2. The van der Waals surface area contributed by atoms with E-state index in [2.05, 4.69) is 55.2 Å². The molecular formula is C17H17BrClN3. The summed E-state index contributed by atoms with van der Waals surface area (Å²) in [4.78, 5) is 2.36. The molecule has 0 radical (unpaired) electrons. The molecule has 1 aliphatic heterocycles. The summed E-state index contributed by atoms with van der Waals surface area (Å²) in [5.74, 6) is 0. The maximum atomic E-state index is 5.94. The van der Waals surface area contributed by atoms with Gasteiger partial charge in [0.05, 0.1) is 19.3 Å². The first-order valence-electron chi connectivity index (χ1n) is 7.26. The van der Waals surface area contributed by atoms with Gasteiger partial charge >= 0.3 is 0 Å². The third kappa shape index (κ3) is 4.02. The molecule has 0 saturated carbocycles. The Labute approximate surface area is 144 Å². The van der Waals surface area contributed by atoms with Crippen LogP contribution in [0.15, 0.2) is 58.1 Å². The molecule has 22 heavy (non-hydrogen) atoms. The molecule has 2 aromatic carbocycles. The first-order chi connectivity index (χ1) is 10.7. The molecule has 0 atom stereocenters. The van der Waals surface area contributed by atoms with Gasteiger partial charge in [0.2, 0.25) is 0 Å². The molecule has 0 aromatic heterocycles. The van der Waals surface area contributed by atoms with E-state index in [1.165, 1.54) is 5.69 Å². The SMILES string of the molecule is Clc1ccc(N2CCN(/N=C/c3cccc(Br)c3)CC2)cc1. The highest BCUT2D eigenvalue weighted by Gasteiger charge is 2.15. The maximum absolute atomic E-state index is 5.94. The third-order valence-electron chi connectivity index (χ3n) is 3.67. The molecule has 1 aliphatic rings. The van der Waals surface area contributed by atoms with Crippen LogP contribution < -0.4 is 4.90 Å². The fraction of sp³-hybridized carbons (Fsp3) is 0.235. The molecular weight excluding hydrogens is 362 g/mol. The van der Waals surface area contributed by atoms with E-state index < -0.39 is 0 Å². The molecule has 0 spiro atoms. The van der Waals surface area contributed by atoms with E-state index in [0.717, 1.165) is 41.2 Å². The molecule has 0 bridgehead atoms. The fourth-order valence-electron chi connectivity index (χ4n) is 2.46. The van der Waals surface area contributed by atoms with E-state index >= 15 is 0 Å². The van der Waals surface area contributed by atoms with Crippen LogP contribution in [-0.2, 0) is 0 Å². The number of nitrogens with zero attached hydrogens (tertiary/aromatic N) is 3. The van der Waals surface area contributed by atoms with Gasteiger partial charge < -0.3 is 4.90 Å². The lowest BCUT2D eigenvalue weighted by Gasteiger charge is -2.34. The topological polar surface area (TPSA) is 18.8 Å². The maximum Gasteiger partial charge on any atom is 0.0543 e. The number of piperazine rings is 1. The Kier molecular flexibility index (Phi) is 5.01. The molecule has 5 heteroatoms. The van der Waals surface area contributed by atoms with Crippen molar-refractivity contribution in [2.45, 2.75) is 0 Å². The molecule has 0 unspecified atom stereocenters. The van der Waals surface area contributed by atoms with E-state index in [1.807, 2.05) is 30.5 Å². The van der Waals surface area contributed by atoms with Gasteiger partial charge in [0.25, 0.3) is 0 Å². The summed E-state index contributed by atoms with van der Waals surface area (Å²) >= 11 is 9.41. The average Bonchev–Trinajstić information content (AvgIpc) is 2.54. The predicted molar refractivity (Wildman–Crippen MR) is 97.0 cm³/mol. The van der Waals surface area contributed by atoms with Crippen LogP contribution in [0.4, 0.5) is 5.69 Å². The number of halogens is 2. The van der Waals surface area contributed by atoms with Crippen LogP contribution in [0.2, 0.25) is 5.02 Å². The van der Waals surface area contributed by atoms with Gasteiger partial charge in [0, 0.05) is 28.3 Å². The van der Waals surface area contributed by atoms with Crippen LogP contribution >= 0.6 is 27.5 Å². The Balaban J connectivity index is 1.56. The monoisotopic (exact) mass is 377 g/mol. The van der Waals surface area contributed by atoms with Crippen LogP contribution in [-0.4, -0.2) is 37.4 Å². The fourth-order valence-corrected chi connectivity index (χ4v) is 3.00. The second-order valence-corrected chi connectivity index (χ2v) is 6.57. The second kappa shape index (κ2) is 7.16.